The van der Waals surface area contributed by atoms with Gasteiger partial charge in [-0.25, -0.2) is 4.98 Å². The number of aromatic amines is 1. The second kappa shape index (κ2) is 4.86. The lowest BCUT2D eigenvalue weighted by molar-refractivity contribution is 1.19. The Labute approximate surface area is 116 Å². The van der Waals surface area contributed by atoms with Gasteiger partial charge in [0, 0.05) is 28.0 Å². The lowest BCUT2D eigenvalue weighted by Crippen LogP contribution is -1.85. The normalized spacial score (nSPS) is 10.6. The summed E-state index contributed by atoms with van der Waals surface area (Å²) in [4.78, 5) is 11.9. The van der Waals surface area contributed by atoms with Crippen LogP contribution in [0, 0.1) is 6.92 Å². The summed E-state index contributed by atoms with van der Waals surface area (Å²) in [6.07, 6.45) is 3.60. The fraction of sp³-hybridized carbons (Fsp3) is 0.0667. The summed E-state index contributed by atoms with van der Waals surface area (Å²) >= 11 is 6.00. The lowest BCUT2D eigenvalue weighted by atomic mass is 10.2. The summed E-state index contributed by atoms with van der Waals surface area (Å²) < 4.78 is 0. The van der Waals surface area contributed by atoms with Gasteiger partial charge >= 0.3 is 0 Å². The van der Waals surface area contributed by atoms with Crippen LogP contribution in [0.1, 0.15) is 5.69 Å². The average molecular weight is 270 g/mol. The molecule has 1 aromatic carbocycles. The van der Waals surface area contributed by atoms with Gasteiger partial charge in [0.1, 0.15) is 5.82 Å². The summed E-state index contributed by atoms with van der Waals surface area (Å²) in [6.45, 7) is 1.96. The van der Waals surface area contributed by atoms with Gasteiger partial charge in [0.15, 0.2) is 0 Å². The number of hydrogen-bond donors (Lipinski definition) is 1. The Kier molecular flexibility index (Phi) is 3.05. The van der Waals surface area contributed by atoms with Crippen molar-refractivity contribution < 1.29 is 0 Å². The van der Waals surface area contributed by atoms with E-state index in [4.69, 9.17) is 11.6 Å². The number of rotatable bonds is 2. The van der Waals surface area contributed by atoms with Crippen LogP contribution in [0.3, 0.4) is 0 Å². The molecule has 0 amide bonds. The molecular weight excluding hydrogens is 258 g/mol. The van der Waals surface area contributed by atoms with Crippen molar-refractivity contribution in [3.05, 3.63) is 59.5 Å². The van der Waals surface area contributed by atoms with E-state index in [9.17, 15) is 0 Å². The maximum atomic E-state index is 6.00. The van der Waals surface area contributed by atoms with E-state index in [1.54, 1.807) is 6.20 Å². The summed E-state index contributed by atoms with van der Waals surface area (Å²) in [7, 11) is 0. The van der Waals surface area contributed by atoms with Crippen LogP contribution >= 0.6 is 11.6 Å². The number of imidazole rings is 1. The molecule has 2 heterocycles. The Morgan fingerprint density at radius 1 is 1.05 bits per heavy atom. The number of H-pyrrole nitrogens is 1. The Morgan fingerprint density at radius 3 is 2.74 bits per heavy atom. The quantitative estimate of drug-likeness (QED) is 0.761. The van der Waals surface area contributed by atoms with Crippen molar-refractivity contribution in [1.82, 2.24) is 15.0 Å². The number of nitrogens with one attached hydrogen (secondary N) is 1. The molecule has 0 bridgehead atoms. The van der Waals surface area contributed by atoms with E-state index in [0.717, 1.165) is 28.3 Å². The SMILES string of the molecule is Cc1cc(-c2ncc(-c3cccc(Cl)c3)[nH]2)ccn1. The average Bonchev–Trinajstić information content (AvgIpc) is 2.88. The van der Waals surface area contributed by atoms with Gasteiger partial charge in [-0.1, -0.05) is 23.7 Å². The molecule has 4 heteroatoms. The molecule has 0 aliphatic carbocycles. The zero-order valence-electron chi connectivity index (χ0n) is 10.4. The van der Waals surface area contributed by atoms with Gasteiger partial charge in [0.2, 0.25) is 0 Å². The zero-order valence-corrected chi connectivity index (χ0v) is 11.1. The first-order valence-corrected chi connectivity index (χ1v) is 6.34. The fourth-order valence-electron chi connectivity index (χ4n) is 1.96. The Morgan fingerprint density at radius 2 is 1.95 bits per heavy atom. The van der Waals surface area contributed by atoms with Crippen LogP contribution in [0.2, 0.25) is 5.02 Å². The van der Waals surface area contributed by atoms with Gasteiger partial charge in [-0.3, -0.25) is 4.98 Å². The third kappa shape index (κ3) is 2.51. The van der Waals surface area contributed by atoms with Crippen molar-refractivity contribution in [2.24, 2.45) is 0 Å². The summed E-state index contributed by atoms with van der Waals surface area (Å²) in [5, 5.41) is 0.716. The maximum Gasteiger partial charge on any atom is 0.137 e. The van der Waals surface area contributed by atoms with Gasteiger partial charge in [-0.15, -0.1) is 0 Å². The lowest BCUT2D eigenvalue weighted by Gasteiger charge is -1.99. The number of hydrogen-bond acceptors (Lipinski definition) is 2. The first-order chi connectivity index (χ1) is 9.22. The van der Waals surface area contributed by atoms with Gasteiger partial charge in [-0.05, 0) is 31.2 Å². The standard InChI is InChI=1S/C15H12ClN3/c1-10-7-12(5-6-17-10)15-18-9-14(19-15)11-3-2-4-13(16)8-11/h2-9H,1H3,(H,18,19). The topological polar surface area (TPSA) is 41.6 Å². The molecule has 0 radical (unpaired) electrons. The van der Waals surface area contributed by atoms with E-state index in [0.29, 0.717) is 5.02 Å². The predicted octanol–water partition coefficient (Wildman–Crippen LogP) is 4.10. The highest BCUT2D eigenvalue weighted by Crippen LogP contribution is 2.24. The van der Waals surface area contributed by atoms with E-state index in [2.05, 4.69) is 15.0 Å². The van der Waals surface area contributed by atoms with E-state index in [1.165, 1.54) is 0 Å². The minimum atomic E-state index is 0.716. The Balaban J connectivity index is 2.00. The van der Waals surface area contributed by atoms with Crippen molar-refractivity contribution in [1.29, 1.82) is 0 Å². The van der Waals surface area contributed by atoms with Crippen molar-refractivity contribution in [2.75, 3.05) is 0 Å². The molecule has 0 aliphatic heterocycles. The third-order valence-corrected chi connectivity index (χ3v) is 3.12. The molecule has 2 aromatic heterocycles. The van der Waals surface area contributed by atoms with E-state index < -0.39 is 0 Å². The van der Waals surface area contributed by atoms with E-state index in [1.807, 2.05) is 49.5 Å². The van der Waals surface area contributed by atoms with Gasteiger partial charge in [-0.2, -0.15) is 0 Å². The van der Waals surface area contributed by atoms with Gasteiger partial charge in [0.25, 0.3) is 0 Å². The monoisotopic (exact) mass is 269 g/mol. The van der Waals surface area contributed by atoms with Crippen molar-refractivity contribution in [2.45, 2.75) is 6.92 Å². The summed E-state index contributed by atoms with van der Waals surface area (Å²) in [5.41, 5.74) is 3.97. The molecule has 0 unspecified atom stereocenters. The van der Waals surface area contributed by atoms with Crippen LogP contribution in [-0.4, -0.2) is 15.0 Å². The zero-order chi connectivity index (χ0) is 13.2. The molecule has 0 fully saturated rings. The number of halogens is 1. The molecule has 0 atom stereocenters. The largest absolute Gasteiger partial charge is 0.338 e. The minimum Gasteiger partial charge on any atom is -0.338 e. The second-order valence-corrected chi connectivity index (χ2v) is 4.78. The van der Waals surface area contributed by atoms with Crippen molar-refractivity contribution in [3.63, 3.8) is 0 Å². The predicted molar refractivity (Wildman–Crippen MR) is 77.0 cm³/mol. The van der Waals surface area contributed by atoms with Gasteiger partial charge in [0.05, 0.1) is 11.9 Å². The van der Waals surface area contributed by atoms with Crippen LogP contribution in [-0.2, 0) is 0 Å². The fourth-order valence-corrected chi connectivity index (χ4v) is 2.15. The highest BCUT2D eigenvalue weighted by Gasteiger charge is 2.06. The van der Waals surface area contributed by atoms with Crippen LogP contribution in [0.5, 0.6) is 0 Å². The molecule has 0 saturated heterocycles. The molecule has 1 N–H and O–H groups in total. The van der Waals surface area contributed by atoms with Crippen molar-refractivity contribution in [3.8, 4) is 22.6 Å². The molecule has 0 spiro atoms. The van der Waals surface area contributed by atoms with E-state index >= 15 is 0 Å². The Bertz CT molecular complexity index is 659. The molecule has 0 saturated carbocycles. The number of nitrogens with zero attached hydrogens (tertiary/aromatic N) is 2. The molecule has 94 valence electrons. The highest BCUT2D eigenvalue weighted by molar-refractivity contribution is 6.30. The number of pyridine rings is 1. The Hall–Kier alpha value is -2.13. The number of benzene rings is 1. The van der Waals surface area contributed by atoms with Gasteiger partial charge < -0.3 is 4.98 Å². The molecule has 3 rings (SSSR count). The minimum absolute atomic E-state index is 0.716. The molecule has 0 aliphatic rings. The second-order valence-electron chi connectivity index (χ2n) is 4.34. The first-order valence-electron chi connectivity index (χ1n) is 5.96. The molecule has 19 heavy (non-hydrogen) atoms. The van der Waals surface area contributed by atoms with Crippen LogP contribution in [0.25, 0.3) is 22.6 Å². The third-order valence-electron chi connectivity index (χ3n) is 2.88. The van der Waals surface area contributed by atoms with Crippen LogP contribution < -0.4 is 0 Å². The molecule has 3 aromatic rings. The number of aromatic nitrogens is 3. The van der Waals surface area contributed by atoms with E-state index in [-0.39, 0.29) is 0 Å². The summed E-state index contributed by atoms with van der Waals surface area (Å²) in [5.74, 6) is 0.834. The smallest absolute Gasteiger partial charge is 0.137 e. The molecule has 3 nitrogen and oxygen atoms in total. The van der Waals surface area contributed by atoms with Crippen molar-refractivity contribution >= 4 is 11.6 Å². The van der Waals surface area contributed by atoms with Crippen LogP contribution in [0.4, 0.5) is 0 Å². The number of aryl methyl sites for hydroxylation is 1. The highest BCUT2D eigenvalue weighted by atomic mass is 35.5. The molecular formula is C15H12ClN3. The maximum absolute atomic E-state index is 6.00. The van der Waals surface area contributed by atoms with Crippen LogP contribution in [0.15, 0.2) is 48.8 Å². The first kappa shape index (κ1) is 11.9. The summed E-state index contributed by atoms with van der Waals surface area (Å²) in [6, 6.07) is 11.6.